The van der Waals surface area contributed by atoms with E-state index in [2.05, 4.69) is 20.9 Å². The minimum Gasteiger partial charge on any atom is -0.457 e. The molecule has 0 aliphatic heterocycles. The van der Waals surface area contributed by atoms with E-state index in [1.54, 1.807) is 22.6 Å². The number of fused-ring (bicyclic) bond motifs is 3. The Morgan fingerprint density at radius 2 is 1.97 bits per heavy atom. The third-order valence-corrected chi connectivity index (χ3v) is 7.02. The number of halogens is 3. The van der Waals surface area contributed by atoms with Crippen molar-refractivity contribution in [3.8, 4) is 11.3 Å². The zero-order chi connectivity index (χ0) is 21.2. The molecular weight excluding hydrogens is 474 g/mol. The predicted molar refractivity (Wildman–Crippen MR) is 117 cm³/mol. The van der Waals surface area contributed by atoms with Crippen LogP contribution in [0.25, 0.3) is 33.4 Å². The van der Waals surface area contributed by atoms with Crippen LogP contribution in [0.2, 0.25) is 0 Å². The molecule has 0 unspecified atom stereocenters. The molecule has 5 rings (SSSR count). The number of nitrogens with zero attached hydrogens (tertiary/aromatic N) is 2. The van der Waals surface area contributed by atoms with Gasteiger partial charge in [0.15, 0.2) is 4.96 Å². The van der Waals surface area contributed by atoms with E-state index in [4.69, 9.17) is 4.42 Å². The molecule has 3 heterocycles. The largest absolute Gasteiger partial charge is 0.457 e. The molecular formula is C22H13BrF2N2O2S. The summed E-state index contributed by atoms with van der Waals surface area (Å²) in [6.45, 7) is 3.99. The van der Waals surface area contributed by atoms with Crippen molar-refractivity contribution < 1.29 is 13.2 Å². The summed E-state index contributed by atoms with van der Waals surface area (Å²) in [7, 11) is 0. The summed E-state index contributed by atoms with van der Waals surface area (Å²) in [5, 5.41) is 0. The Labute approximate surface area is 181 Å². The van der Waals surface area contributed by atoms with Crippen LogP contribution in [0.5, 0.6) is 0 Å². The highest BCUT2D eigenvalue weighted by molar-refractivity contribution is 9.10. The number of imidazole rings is 1. The zero-order valence-corrected chi connectivity index (χ0v) is 18.2. The van der Waals surface area contributed by atoms with Gasteiger partial charge in [0, 0.05) is 16.6 Å². The molecule has 0 amide bonds. The molecule has 0 bridgehead atoms. The van der Waals surface area contributed by atoms with Crippen LogP contribution < -0.4 is 10.1 Å². The van der Waals surface area contributed by atoms with Gasteiger partial charge in [-0.2, -0.15) is 0 Å². The lowest BCUT2D eigenvalue weighted by Gasteiger charge is -2.03. The average Bonchev–Trinajstić information content (AvgIpc) is 3.37. The van der Waals surface area contributed by atoms with Crippen LogP contribution in [-0.4, -0.2) is 9.38 Å². The molecule has 0 saturated carbocycles. The van der Waals surface area contributed by atoms with Gasteiger partial charge in [-0.15, -0.1) is 0 Å². The van der Waals surface area contributed by atoms with Gasteiger partial charge >= 0.3 is 0 Å². The van der Waals surface area contributed by atoms with Gasteiger partial charge in [-0.25, -0.2) is 18.2 Å². The summed E-state index contributed by atoms with van der Waals surface area (Å²) in [5.41, 5.74) is 3.60. The Hall–Kier alpha value is -2.84. The summed E-state index contributed by atoms with van der Waals surface area (Å²) in [6.07, 6.45) is 1.61. The Bertz CT molecular complexity index is 1580. The maximum absolute atomic E-state index is 14.0. The molecule has 0 fully saturated rings. The molecule has 0 N–H and O–H groups in total. The topological polar surface area (TPSA) is 47.5 Å². The fraction of sp³-hybridized carbons (Fsp3) is 0.0909. The van der Waals surface area contributed by atoms with Crippen molar-refractivity contribution in [1.29, 1.82) is 0 Å². The van der Waals surface area contributed by atoms with Crippen molar-refractivity contribution in [1.82, 2.24) is 9.38 Å². The molecule has 0 atom stereocenters. The molecule has 0 radical (unpaired) electrons. The van der Waals surface area contributed by atoms with E-state index in [1.165, 1.54) is 23.5 Å². The second-order valence-electron chi connectivity index (χ2n) is 6.97. The molecule has 0 aliphatic rings. The fourth-order valence-corrected chi connectivity index (χ4v) is 4.94. The van der Waals surface area contributed by atoms with Crippen molar-refractivity contribution >= 4 is 49.3 Å². The summed E-state index contributed by atoms with van der Waals surface area (Å²) >= 11 is 4.83. The van der Waals surface area contributed by atoms with Crippen LogP contribution in [0.15, 0.2) is 50.1 Å². The van der Waals surface area contributed by atoms with E-state index in [-0.39, 0.29) is 16.9 Å². The average molecular weight is 487 g/mol. The van der Waals surface area contributed by atoms with Gasteiger partial charge < -0.3 is 4.42 Å². The molecule has 0 saturated heterocycles. The molecule has 30 heavy (non-hydrogen) atoms. The number of aromatic nitrogens is 2. The molecule has 150 valence electrons. The number of aryl methyl sites for hydroxylation is 1. The first-order chi connectivity index (χ1) is 14.3. The first-order valence-corrected chi connectivity index (χ1v) is 10.6. The number of furan rings is 1. The fourth-order valence-electron chi connectivity index (χ4n) is 3.37. The number of benzene rings is 2. The second-order valence-corrected chi connectivity index (χ2v) is 8.77. The summed E-state index contributed by atoms with van der Waals surface area (Å²) < 4.78 is 35.7. The van der Waals surface area contributed by atoms with Crippen molar-refractivity contribution in [2.45, 2.75) is 13.8 Å². The first-order valence-electron chi connectivity index (χ1n) is 9.01. The first kappa shape index (κ1) is 19.1. The van der Waals surface area contributed by atoms with Crippen LogP contribution in [0, 0.1) is 25.5 Å². The highest BCUT2D eigenvalue weighted by Crippen LogP contribution is 2.30. The minimum absolute atomic E-state index is 0.154. The van der Waals surface area contributed by atoms with Gasteiger partial charge in [-0.1, -0.05) is 11.3 Å². The van der Waals surface area contributed by atoms with E-state index < -0.39 is 11.6 Å². The van der Waals surface area contributed by atoms with Gasteiger partial charge in [0.05, 0.1) is 11.1 Å². The number of thiazole rings is 1. The third kappa shape index (κ3) is 2.90. The van der Waals surface area contributed by atoms with Crippen LogP contribution >= 0.6 is 27.3 Å². The molecule has 0 aliphatic carbocycles. The SMILES string of the molecule is Cc1cc2c(nc3sc(=Cc4ccc(-c5ccc(F)cc5F)o4)c(=O)n32)c(Br)c1C. The van der Waals surface area contributed by atoms with Crippen LogP contribution in [-0.2, 0) is 0 Å². The number of rotatable bonds is 2. The molecule has 8 heteroatoms. The number of hydrogen-bond donors (Lipinski definition) is 0. The molecule has 4 nitrogen and oxygen atoms in total. The quantitative estimate of drug-likeness (QED) is 0.336. The normalized spacial score (nSPS) is 12.5. The second kappa shape index (κ2) is 6.85. The van der Waals surface area contributed by atoms with Gasteiger partial charge in [0.2, 0.25) is 0 Å². The Morgan fingerprint density at radius 3 is 2.73 bits per heavy atom. The summed E-state index contributed by atoms with van der Waals surface area (Å²) in [6, 6.07) is 8.47. The monoisotopic (exact) mass is 486 g/mol. The van der Waals surface area contributed by atoms with E-state index in [1.807, 2.05) is 19.9 Å². The van der Waals surface area contributed by atoms with Gasteiger partial charge in [-0.3, -0.25) is 4.79 Å². The lowest BCUT2D eigenvalue weighted by Crippen LogP contribution is -2.22. The highest BCUT2D eigenvalue weighted by atomic mass is 79.9. The van der Waals surface area contributed by atoms with Gasteiger partial charge in [0.1, 0.15) is 33.2 Å². The van der Waals surface area contributed by atoms with E-state index in [0.717, 1.165) is 32.7 Å². The highest BCUT2D eigenvalue weighted by Gasteiger charge is 2.16. The zero-order valence-electron chi connectivity index (χ0n) is 15.8. The van der Waals surface area contributed by atoms with E-state index in [0.29, 0.717) is 15.3 Å². The summed E-state index contributed by atoms with van der Waals surface area (Å²) in [4.78, 5) is 18.2. The molecule has 2 aromatic carbocycles. The maximum Gasteiger partial charge on any atom is 0.275 e. The van der Waals surface area contributed by atoms with Gasteiger partial charge in [-0.05, 0) is 71.2 Å². The maximum atomic E-state index is 14.0. The van der Waals surface area contributed by atoms with E-state index >= 15 is 0 Å². The smallest absolute Gasteiger partial charge is 0.275 e. The van der Waals surface area contributed by atoms with Crippen molar-refractivity contribution in [2.75, 3.05) is 0 Å². The predicted octanol–water partition coefficient (Wildman–Crippen LogP) is 5.37. The van der Waals surface area contributed by atoms with Crippen molar-refractivity contribution in [3.63, 3.8) is 0 Å². The lowest BCUT2D eigenvalue weighted by molar-refractivity contribution is 0.554. The Morgan fingerprint density at radius 1 is 1.17 bits per heavy atom. The van der Waals surface area contributed by atoms with Gasteiger partial charge in [0.25, 0.3) is 5.56 Å². The molecule has 3 aromatic heterocycles. The third-order valence-electron chi connectivity index (χ3n) is 5.08. The minimum atomic E-state index is -0.710. The van der Waals surface area contributed by atoms with Crippen LogP contribution in [0.3, 0.4) is 0 Å². The Kier molecular flexibility index (Phi) is 4.37. The molecule has 5 aromatic rings. The standard InChI is InChI=1S/C22H13BrF2N2O2S/c1-10-7-16-20(19(23)11(10)2)26-22-27(16)21(28)18(30-22)9-13-4-6-17(29-13)14-5-3-12(24)8-15(14)25/h3-9H,1-2H3. The van der Waals surface area contributed by atoms with Crippen molar-refractivity contribution in [3.05, 3.63) is 84.3 Å². The lowest BCUT2D eigenvalue weighted by atomic mass is 10.1. The Balaban J connectivity index is 1.64. The van der Waals surface area contributed by atoms with E-state index in [9.17, 15) is 13.6 Å². The number of hydrogen-bond acceptors (Lipinski definition) is 4. The van der Waals surface area contributed by atoms with Crippen LogP contribution in [0.1, 0.15) is 16.9 Å². The molecule has 0 spiro atoms. The summed E-state index contributed by atoms with van der Waals surface area (Å²) in [5.74, 6) is -0.713. The van der Waals surface area contributed by atoms with Crippen molar-refractivity contribution in [2.24, 2.45) is 0 Å². The van der Waals surface area contributed by atoms with Crippen LogP contribution in [0.4, 0.5) is 8.78 Å².